The molecule has 1 heterocycles. The van der Waals surface area contributed by atoms with Crippen LogP contribution in [-0.2, 0) is 0 Å². The fourth-order valence-electron chi connectivity index (χ4n) is 2.70. The van der Waals surface area contributed by atoms with E-state index in [2.05, 4.69) is 61.9 Å². The van der Waals surface area contributed by atoms with Crippen molar-refractivity contribution in [1.82, 2.24) is 4.90 Å². The smallest absolute Gasteiger partial charge is 0.0396 e. The van der Waals surface area contributed by atoms with Gasteiger partial charge in [-0.25, -0.2) is 0 Å². The molecule has 100 valence electrons. The highest BCUT2D eigenvalue weighted by Gasteiger charge is 2.36. The van der Waals surface area contributed by atoms with Gasteiger partial charge in [0.15, 0.2) is 0 Å². The number of rotatable bonds is 2. The van der Waals surface area contributed by atoms with Gasteiger partial charge in [0, 0.05) is 36.9 Å². The summed E-state index contributed by atoms with van der Waals surface area (Å²) < 4.78 is 0. The number of piperazine rings is 1. The van der Waals surface area contributed by atoms with Crippen molar-refractivity contribution in [2.24, 2.45) is 5.73 Å². The summed E-state index contributed by atoms with van der Waals surface area (Å²) in [5.74, 6) is 0. The third kappa shape index (κ3) is 2.52. The minimum atomic E-state index is 0.160. The minimum Gasteiger partial charge on any atom is -0.368 e. The number of hydrogen-bond donors (Lipinski definition) is 1. The molecule has 1 aliphatic rings. The molecule has 2 N–H and O–H groups in total. The number of nitrogens with two attached hydrogens (primary N) is 1. The predicted octanol–water partition coefficient (Wildman–Crippen LogP) is 1.85. The van der Waals surface area contributed by atoms with E-state index in [9.17, 15) is 0 Å². The first kappa shape index (κ1) is 13.4. The van der Waals surface area contributed by atoms with Crippen molar-refractivity contribution in [3.63, 3.8) is 0 Å². The van der Waals surface area contributed by atoms with Crippen LogP contribution in [0.15, 0.2) is 24.3 Å². The van der Waals surface area contributed by atoms with Gasteiger partial charge in [-0.1, -0.05) is 17.7 Å². The zero-order chi connectivity index (χ0) is 13.3. The summed E-state index contributed by atoms with van der Waals surface area (Å²) in [6, 6.07) is 9.21. The lowest BCUT2D eigenvalue weighted by molar-refractivity contribution is 0.0846. The Morgan fingerprint density at radius 3 is 2.44 bits per heavy atom. The van der Waals surface area contributed by atoms with Crippen LogP contribution < -0.4 is 10.6 Å². The molecular weight excluding hydrogens is 222 g/mol. The Labute approximate surface area is 111 Å². The largest absolute Gasteiger partial charge is 0.368 e. The molecule has 0 aliphatic carbocycles. The lowest BCUT2D eigenvalue weighted by atomic mass is 9.95. The highest BCUT2D eigenvalue weighted by atomic mass is 15.3. The zero-order valence-corrected chi connectivity index (χ0v) is 12.0. The maximum atomic E-state index is 5.91. The second-order valence-electron chi connectivity index (χ2n) is 6.03. The van der Waals surface area contributed by atoms with Crippen LogP contribution in [0.25, 0.3) is 0 Å². The van der Waals surface area contributed by atoms with Crippen molar-refractivity contribution in [3.8, 4) is 0 Å². The van der Waals surface area contributed by atoms with E-state index < -0.39 is 0 Å². The Kier molecular flexibility index (Phi) is 3.64. The van der Waals surface area contributed by atoms with Gasteiger partial charge in [-0.2, -0.15) is 0 Å². The molecule has 1 fully saturated rings. The molecule has 0 aromatic heterocycles. The average Bonchev–Trinajstić information content (AvgIpc) is 2.33. The van der Waals surface area contributed by atoms with E-state index in [1.807, 2.05) is 0 Å². The highest BCUT2D eigenvalue weighted by Crippen LogP contribution is 2.27. The zero-order valence-electron chi connectivity index (χ0n) is 12.0. The Bertz CT molecular complexity index is 397. The summed E-state index contributed by atoms with van der Waals surface area (Å²) in [5.41, 5.74) is 8.68. The third-order valence-electron chi connectivity index (χ3n) is 4.18. The minimum absolute atomic E-state index is 0.160. The second-order valence-corrected chi connectivity index (χ2v) is 6.03. The Balaban J connectivity index is 2.22. The molecule has 1 aromatic carbocycles. The summed E-state index contributed by atoms with van der Waals surface area (Å²) in [6.07, 6.45) is 0. The quantitative estimate of drug-likeness (QED) is 0.866. The number of benzene rings is 1. The first-order chi connectivity index (χ1) is 8.44. The summed E-state index contributed by atoms with van der Waals surface area (Å²) in [5, 5.41) is 0. The summed E-state index contributed by atoms with van der Waals surface area (Å²) in [4.78, 5) is 4.87. The molecular formula is C15H25N3. The fraction of sp³-hybridized carbons (Fsp3) is 0.600. The maximum absolute atomic E-state index is 5.91. The molecule has 0 spiro atoms. The molecule has 18 heavy (non-hydrogen) atoms. The van der Waals surface area contributed by atoms with Gasteiger partial charge in [0.05, 0.1) is 0 Å². The van der Waals surface area contributed by atoms with Crippen LogP contribution >= 0.6 is 0 Å². The number of anilines is 1. The highest BCUT2D eigenvalue weighted by molar-refractivity contribution is 5.48. The van der Waals surface area contributed by atoms with Crippen LogP contribution in [0.4, 0.5) is 5.69 Å². The summed E-state index contributed by atoms with van der Waals surface area (Å²) in [7, 11) is 2.18. The molecule has 0 bridgehead atoms. The second kappa shape index (κ2) is 4.90. The van der Waals surface area contributed by atoms with E-state index in [4.69, 9.17) is 5.73 Å². The number of aryl methyl sites for hydroxylation is 1. The molecule has 2 rings (SSSR count). The molecule has 3 heteroatoms. The molecule has 0 saturated carbocycles. The molecule has 0 radical (unpaired) electrons. The van der Waals surface area contributed by atoms with Gasteiger partial charge in [0.2, 0.25) is 0 Å². The van der Waals surface area contributed by atoms with Crippen molar-refractivity contribution in [2.45, 2.75) is 32.4 Å². The number of likely N-dealkylation sites (N-methyl/N-ethyl adjacent to an activating group) is 1. The molecule has 1 aromatic rings. The van der Waals surface area contributed by atoms with Gasteiger partial charge in [-0.15, -0.1) is 0 Å². The van der Waals surface area contributed by atoms with E-state index in [-0.39, 0.29) is 5.54 Å². The van der Waals surface area contributed by atoms with E-state index in [1.165, 1.54) is 11.3 Å². The SMILES string of the molecule is Cc1ccc(N2CC(CN)N(C)C(C)(C)C2)cc1. The summed E-state index contributed by atoms with van der Waals surface area (Å²) in [6.45, 7) is 9.47. The molecule has 3 nitrogen and oxygen atoms in total. The van der Waals surface area contributed by atoms with Gasteiger partial charge >= 0.3 is 0 Å². The number of nitrogens with zero attached hydrogens (tertiary/aromatic N) is 2. The van der Waals surface area contributed by atoms with Crippen molar-refractivity contribution in [1.29, 1.82) is 0 Å². The standard InChI is InChI=1S/C15H25N3/c1-12-5-7-13(8-6-12)18-10-14(9-16)17(4)15(2,3)11-18/h5-8,14H,9-11,16H2,1-4H3. The van der Waals surface area contributed by atoms with Crippen molar-refractivity contribution >= 4 is 5.69 Å². The van der Waals surface area contributed by atoms with Crippen LogP contribution in [0, 0.1) is 6.92 Å². The van der Waals surface area contributed by atoms with Gasteiger partial charge < -0.3 is 10.6 Å². The Hall–Kier alpha value is -1.06. The molecule has 1 aliphatic heterocycles. The van der Waals surface area contributed by atoms with Gasteiger partial charge in [0.1, 0.15) is 0 Å². The van der Waals surface area contributed by atoms with E-state index in [1.54, 1.807) is 0 Å². The van der Waals surface area contributed by atoms with Gasteiger partial charge in [-0.3, -0.25) is 4.90 Å². The summed E-state index contributed by atoms with van der Waals surface area (Å²) >= 11 is 0. The Morgan fingerprint density at radius 1 is 1.28 bits per heavy atom. The number of hydrogen-bond acceptors (Lipinski definition) is 3. The van der Waals surface area contributed by atoms with Crippen molar-refractivity contribution in [3.05, 3.63) is 29.8 Å². The molecule has 0 amide bonds. The lowest BCUT2D eigenvalue weighted by Crippen LogP contribution is -2.64. The van der Waals surface area contributed by atoms with Gasteiger partial charge in [0.25, 0.3) is 0 Å². The lowest BCUT2D eigenvalue weighted by Gasteiger charge is -2.50. The first-order valence-corrected chi connectivity index (χ1v) is 6.68. The van der Waals surface area contributed by atoms with E-state index >= 15 is 0 Å². The normalized spacial score (nSPS) is 24.3. The van der Waals surface area contributed by atoms with Crippen LogP contribution in [0.3, 0.4) is 0 Å². The van der Waals surface area contributed by atoms with Gasteiger partial charge in [-0.05, 0) is 40.0 Å². The van der Waals surface area contributed by atoms with Crippen LogP contribution in [0.2, 0.25) is 0 Å². The maximum Gasteiger partial charge on any atom is 0.0396 e. The molecule has 1 unspecified atom stereocenters. The Morgan fingerprint density at radius 2 is 1.89 bits per heavy atom. The van der Waals surface area contributed by atoms with Crippen LogP contribution in [0.5, 0.6) is 0 Å². The monoisotopic (exact) mass is 247 g/mol. The van der Waals surface area contributed by atoms with E-state index in [0.717, 1.165) is 13.1 Å². The van der Waals surface area contributed by atoms with Crippen LogP contribution in [0.1, 0.15) is 19.4 Å². The van der Waals surface area contributed by atoms with Crippen molar-refractivity contribution < 1.29 is 0 Å². The predicted molar refractivity (Wildman–Crippen MR) is 78.1 cm³/mol. The van der Waals surface area contributed by atoms with Crippen molar-refractivity contribution in [2.75, 3.05) is 31.6 Å². The molecule has 1 atom stereocenters. The topological polar surface area (TPSA) is 32.5 Å². The molecule has 1 saturated heterocycles. The first-order valence-electron chi connectivity index (χ1n) is 6.68. The van der Waals surface area contributed by atoms with Crippen LogP contribution in [-0.4, -0.2) is 43.2 Å². The average molecular weight is 247 g/mol. The fourth-order valence-corrected chi connectivity index (χ4v) is 2.70. The third-order valence-corrected chi connectivity index (χ3v) is 4.18. The van der Waals surface area contributed by atoms with E-state index in [0.29, 0.717) is 12.6 Å².